The first-order valence-electron chi connectivity index (χ1n) is 6.37. The van der Waals surface area contributed by atoms with E-state index >= 15 is 0 Å². The van der Waals surface area contributed by atoms with Crippen molar-refractivity contribution in [3.63, 3.8) is 0 Å². The topological polar surface area (TPSA) is 9.23 Å². The number of hydrogen-bond acceptors (Lipinski definition) is 2. The molecule has 0 N–H and O–H groups in total. The van der Waals surface area contributed by atoms with Crippen LogP contribution >= 0.6 is 11.8 Å². The molecule has 92 valence electrons. The molecule has 0 fully saturated rings. The number of rotatable bonds is 2. The molecule has 1 aliphatic heterocycles. The Morgan fingerprint density at radius 1 is 1.06 bits per heavy atom. The van der Waals surface area contributed by atoms with Crippen molar-refractivity contribution < 1.29 is 4.74 Å². The molecule has 0 saturated heterocycles. The molecule has 0 aliphatic carbocycles. The number of para-hydroxylation sites is 2. The Bertz CT molecular complexity index is 577. The van der Waals surface area contributed by atoms with Crippen LogP contribution in [0.15, 0.2) is 52.3 Å². The van der Waals surface area contributed by atoms with Gasteiger partial charge in [0.05, 0.1) is 9.79 Å². The summed E-state index contributed by atoms with van der Waals surface area (Å²) in [5.74, 6) is 2.56. The van der Waals surface area contributed by atoms with Crippen molar-refractivity contribution in [1.82, 2.24) is 0 Å². The van der Waals surface area contributed by atoms with E-state index < -0.39 is 0 Å². The van der Waals surface area contributed by atoms with Crippen LogP contribution in [0, 0.1) is 0 Å². The van der Waals surface area contributed by atoms with E-state index in [1.165, 1.54) is 15.4 Å². The van der Waals surface area contributed by atoms with Gasteiger partial charge >= 0.3 is 0 Å². The monoisotopic (exact) mass is 256 g/mol. The second kappa shape index (κ2) is 4.69. The van der Waals surface area contributed by atoms with Crippen molar-refractivity contribution in [1.29, 1.82) is 0 Å². The van der Waals surface area contributed by atoms with E-state index in [9.17, 15) is 0 Å². The molecule has 18 heavy (non-hydrogen) atoms. The Labute approximate surface area is 112 Å². The lowest BCUT2D eigenvalue weighted by molar-refractivity contribution is 0.443. The predicted molar refractivity (Wildman–Crippen MR) is 75.8 cm³/mol. The van der Waals surface area contributed by atoms with Crippen LogP contribution in [-0.4, -0.2) is 0 Å². The van der Waals surface area contributed by atoms with Gasteiger partial charge in [-0.3, -0.25) is 0 Å². The summed E-state index contributed by atoms with van der Waals surface area (Å²) in [6.07, 6.45) is 1.13. The van der Waals surface area contributed by atoms with E-state index in [0.29, 0.717) is 5.92 Å². The quantitative estimate of drug-likeness (QED) is 0.602. The Morgan fingerprint density at radius 2 is 1.83 bits per heavy atom. The van der Waals surface area contributed by atoms with E-state index in [2.05, 4.69) is 44.2 Å². The molecule has 1 heterocycles. The highest BCUT2D eigenvalue weighted by atomic mass is 32.2. The Morgan fingerprint density at radius 3 is 2.67 bits per heavy atom. The van der Waals surface area contributed by atoms with Crippen molar-refractivity contribution >= 4 is 11.8 Å². The Hall–Kier alpha value is -1.41. The van der Waals surface area contributed by atoms with Crippen LogP contribution in [0.4, 0.5) is 0 Å². The third-order valence-corrected chi connectivity index (χ3v) is 4.53. The van der Waals surface area contributed by atoms with Gasteiger partial charge < -0.3 is 4.74 Å². The first kappa shape index (κ1) is 11.7. The zero-order valence-electron chi connectivity index (χ0n) is 10.6. The standard InChI is InChI=1S/C16H16OS/c1-3-11(2)12-7-6-10-15-16(12)17-13-8-4-5-9-14(13)18-15/h4-11H,3H2,1-2H3. The lowest BCUT2D eigenvalue weighted by Crippen LogP contribution is -2.01. The molecule has 1 unspecified atom stereocenters. The maximum Gasteiger partial charge on any atom is 0.144 e. The SMILES string of the molecule is CCC(C)c1cccc2c1Oc1ccccc1S2. The highest BCUT2D eigenvalue weighted by Crippen LogP contribution is 2.49. The summed E-state index contributed by atoms with van der Waals surface area (Å²) < 4.78 is 6.11. The van der Waals surface area contributed by atoms with Crippen LogP contribution in [0.2, 0.25) is 0 Å². The van der Waals surface area contributed by atoms with Crippen LogP contribution in [0.3, 0.4) is 0 Å². The van der Waals surface area contributed by atoms with Gasteiger partial charge in [0.1, 0.15) is 11.5 Å². The largest absolute Gasteiger partial charge is 0.455 e. The molecule has 0 amide bonds. The molecule has 0 spiro atoms. The Balaban J connectivity index is 2.07. The summed E-state index contributed by atoms with van der Waals surface area (Å²) in [5, 5.41) is 0. The summed E-state index contributed by atoms with van der Waals surface area (Å²) in [6, 6.07) is 14.7. The van der Waals surface area contributed by atoms with Gasteiger partial charge in [0, 0.05) is 0 Å². The molecular formula is C16H16OS. The first-order valence-corrected chi connectivity index (χ1v) is 7.19. The van der Waals surface area contributed by atoms with Gasteiger partial charge in [-0.2, -0.15) is 0 Å². The fourth-order valence-corrected chi connectivity index (χ4v) is 3.17. The molecule has 2 heteroatoms. The maximum absolute atomic E-state index is 6.11. The van der Waals surface area contributed by atoms with Gasteiger partial charge in [-0.15, -0.1) is 0 Å². The average Bonchev–Trinajstić information content (AvgIpc) is 2.43. The summed E-state index contributed by atoms with van der Waals surface area (Å²) in [4.78, 5) is 2.43. The number of hydrogen-bond donors (Lipinski definition) is 0. The van der Waals surface area contributed by atoms with Crippen molar-refractivity contribution in [2.24, 2.45) is 0 Å². The summed E-state index contributed by atoms with van der Waals surface area (Å²) >= 11 is 1.80. The van der Waals surface area contributed by atoms with Crippen LogP contribution in [0.5, 0.6) is 11.5 Å². The molecule has 2 aromatic rings. The lowest BCUT2D eigenvalue weighted by Gasteiger charge is -2.23. The normalized spacial score (nSPS) is 14.3. The van der Waals surface area contributed by atoms with Crippen LogP contribution < -0.4 is 4.74 Å². The second-order valence-electron chi connectivity index (χ2n) is 4.63. The zero-order valence-corrected chi connectivity index (χ0v) is 11.5. The van der Waals surface area contributed by atoms with Gasteiger partial charge in [0.25, 0.3) is 0 Å². The fraction of sp³-hybridized carbons (Fsp3) is 0.250. The van der Waals surface area contributed by atoms with E-state index in [1.807, 2.05) is 12.1 Å². The predicted octanol–water partition coefficient (Wildman–Crippen LogP) is 5.46. The van der Waals surface area contributed by atoms with Crippen LogP contribution in [-0.2, 0) is 0 Å². The van der Waals surface area contributed by atoms with Gasteiger partial charge in [-0.1, -0.05) is 49.9 Å². The van der Waals surface area contributed by atoms with Crippen molar-refractivity contribution in [2.45, 2.75) is 36.0 Å². The smallest absolute Gasteiger partial charge is 0.144 e. The fourth-order valence-electron chi connectivity index (χ4n) is 2.18. The molecule has 0 saturated carbocycles. The second-order valence-corrected chi connectivity index (χ2v) is 5.72. The van der Waals surface area contributed by atoms with Gasteiger partial charge in [0.15, 0.2) is 0 Å². The molecule has 0 aromatic heterocycles. The maximum atomic E-state index is 6.11. The molecule has 0 radical (unpaired) electrons. The van der Waals surface area contributed by atoms with Gasteiger partial charge in [-0.05, 0) is 36.1 Å². The molecule has 1 nitrogen and oxygen atoms in total. The molecular weight excluding hydrogens is 240 g/mol. The highest BCUT2D eigenvalue weighted by molar-refractivity contribution is 7.99. The number of benzene rings is 2. The third-order valence-electron chi connectivity index (χ3n) is 3.43. The zero-order chi connectivity index (χ0) is 12.5. The van der Waals surface area contributed by atoms with E-state index in [1.54, 1.807) is 11.8 Å². The average molecular weight is 256 g/mol. The summed E-state index contributed by atoms with van der Waals surface area (Å²) in [5.41, 5.74) is 1.32. The molecule has 1 atom stereocenters. The van der Waals surface area contributed by atoms with Crippen molar-refractivity contribution in [3.8, 4) is 11.5 Å². The number of ether oxygens (including phenoxy) is 1. The van der Waals surface area contributed by atoms with E-state index in [4.69, 9.17) is 4.74 Å². The highest BCUT2D eigenvalue weighted by Gasteiger charge is 2.21. The lowest BCUT2D eigenvalue weighted by atomic mass is 9.98. The minimum atomic E-state index is 0.533. The number of fused-ring (bicyclic) bond motifs is 2. The summed E-state index contributed by atoms with van der Waals surface area (Å²) in [7, 11) is 0. The first-order chi connectivity index (χ1) is 8.79. The van der Waals surface area contributed by atoms with Crippen molar-refractivity contribution in [3.05, 3.63) is 48.0 Å². The summed E-state index contributed by atoms with van der Waals surface area (Å²) in [6.45, 7) is 4.47. The van der Waals surface area contributed by atoms with Gasteiger partial charge in [0.2, 0.25) is 0 Å². The van der Waals surface area contributed by atoms with Crippen LogP contribution in [0.25, 0.3) is 0 Å². The van der Waals surface area contributed by atoms with E-state index in [0.717, 1.165) is 17.9 Å². The molecule has 0 bridgehead atoms. The van der Waals surface area contributed by atoms with Gasteiger partial charge in [-0.25, -0.2) is 0 Å². The van der Waals surface area contributed by atoms with Crippen LogP contribution in [0.1, 0.15) is 31.7 Å². The minimum Gasteiger partial charge on any atom is -0.455 e. The molecule has 2 aromatic carbocycles. The third kappa shape index (κ3) is 1.91. The minimum absolute atomic E-state index is 0.533. The molecule has 1 aliphatic rings. The Kier molecular flexibility index (Phi) is 3.04. The van der Waals surface area contributed by atoms with E-state index in [-0.39, 0.29) is 0 Å². The molecule has 3 rings (SSSR count). The van der Waals surface area contributed by atoms with Crippen molar-refractivity contribution in [2.75, 3.05) is 0 Å².